The van der Waals surface area contributed by atoms with Gasteiger partial charge in [-0.1, -0.05) is 17.4 Å². The summed E-state index contributed by atoms with van der Waals surface area (Å²) in [7, 11) is 2.25. The number of nitrogens with two attached hydrogens (primary N) is 1. The van der Waals surface area contributed by atoms with E-state index >= 15 is 0 Å². The number of hydrogen-bond acceptors (Lipinski definition) is 7. The van der Waals surface area contributed by atoms with Crippen molar-refractivity contribution in [2.45, 2.75) is 17.8 Å². The highest BCUT2D eigenvalue weighted by Gasteiger charge is 2.65. The number of halogens is 3. The Morgan fingerprint density at radius 3 is 2.81 bits per heavy atom. The number of carbonyl (C=O) groups excluding carboxylic acids is 2. The van der Waals surface area contributed by atoms with E-state index in [2.05, 4.69) is 15.0 Å². The van der Waals surface area contributed by atoms with Gasteiger partial charge >= 0.3 is 12.1 Å². The van der Waals surface area contributed by atoms with Gasteiger partial charge in [0.25, 0.3) is 5.91 Å². The number of ether oxygens (including phenoxy) is 1. The fourth-order valence-corrected chi connectivity index (χ4v) is 3.81. The van der Waals surface area contributed by atoms with Crippen molar-refractivity contribution < 1.29 is 27.5 Å². The lowest BCUT2D eigenvalue weighted by Crippen LogP contribution is -2.71. The first kappa shape index (κ1) is 18.4. The van der Waals surface area contributed by atoms with Crippen molar-refractivity contribution in [2.75, 3.05) is 26.4 Å². The topological polar surface area (TPSA) is 97.5 Å². The maximum Gasteiger partial charge on any atom is 0.419 e. The van der Waals surface area contributed by atoms with E-state index in [-0.39, 0.29) is 10.7 Å². The van der Waals surface area contributed by atoms with Gasteiger partial charge in [0, 0.05) is 13.6 Å². The van der Waals surface area contributed by atoms with Gasteiger partial charge in [0.15, 0.2) is 5.13 Å². The van der Waals surface area contributed by atoms with E-state index in [1.165, 1.54) is 18.2 Å². The minimum atomic E-state index is -4.94. The highest BCUT2D eigenvalue weighted by atomic mass is 32.1. The Labute approximate surface area is 149 Å². The first-order valence-corrected chi connectivity index (χ1v) is 8.27. The van der Waals surface area contributed by atoms with Crippen molar-refractivity contribution >= 4 is 38.6 Å². The van der Waals surface area contributed by atoms with Crippen LogP contribution in [0.3, 0.4) is 0 Å². The van der Waals surface area contributed by atoms with E-state index in [1.807, 2.05) is 0 Å². The lowest BCUT2D eigenvalue weighted by molar-refractivity contribution is -0.217. The third-order valence-electron chi connectivity index (χ3n) is 4.41. The molecule has 3 N–H and O–H groups in total. The van der Waals surface area contributed by atoms with Crippen LogP contribution in [0.2, 0.25) is 0 Å². The molecule has 0 aliphatic carbocycles. The number of nitrogens with zero attached hydrogens (tertiary/aromatic N) is 2. The summed E-state index contributed by atoms with van der Waals surface area (Å²) in [6.07, 6.45) is -4.94. The van der Waals surface area contributed by atoms with Gasteiger partial charge in [-0.15, -0.1) is 0 Å². The predicted octanol–water partition coefficient (Wildman–Crippen LogP) is 1.24. The van der Waals surface area contributed by atoms with Gasteiger partial charge in [-0.2, -0.15) is 13.2 Å². The number of thiazole rings is 1. The van der Waals surface area contributed by atoms with Gasteiger partial charge in [-0.3, -0.25) is 10.1 Å². The molecule has 2 heterocycles. The molecule has 26 heavy (non-hydrogen) atoms. The number of piperazine rings is 1. The molecule has 1 fully saturated rings. The maximum absolute atomic E-state index is 14.1. The first-order valence-electron chi connectivity index (χ1n) is 7.45. The number of aromatic nitrogens is 1. The fourth-order valence-electron chi connectivity index (χ4n) is 3.03. The molecule has 0 radical (unpaired) electrons. The van der Waals surface area contributed by atoms with Crippen LogP contribution in [0.25, 0.3) is 10.2 Å². The zero-order valence-corrected chi connectivity index (χ0v) is 14.6. The number of fused-ring (bicyclic) bond motifs is 1. The van der Waals surface area contributed by atoms with Crippen LogP contribution in [0.15, 0.2) is 18.2 Å². The second-order valence-electron chi connectivity index (χ2n) is 5.82. The molecular weight excluding hydrogens is 373 g/mol. The van der Waals surface area contributed by atoms with Crippen LogP contribution in [0.1, 0.15) is 5.56 Å². The predicted molar refractivity (Wildman–Crippen MR) is 88.3 cm³/mol. The molecule has 11 heteroatoms. The van der Waals surface area contributed by atoms with E-state index in [0.29, 0.717) is 10.2 Å². The van der Waals surface area contributed by atoms with E-state index in [9.17, 15) is 22.8 Å². The second kappa shape index (κ2) is 6.09. The molecule has 1 aromatic heterocycles. The molecule has 2 atom stereocenters. The summed E-state index contributed by atoms with van der Waals surface area (Å²) in [6.45, 7) is -0.405. The number of rotatable bonds is 2. The van der Waals surface area contributed by atoms with E-state index in [0.717, 1.165) is 30.4 Å². The summed E-state index contributed by atoms with van der Waals surface area (Å²) < 4.78 is 47.2. The number of nitrogens with one attached hydrogen (secondary N) is 1. The Bertz CT molecular complexity index is 885. The molecular formula is C15H15F3N4O3S. The Kier molecular flexibility index (Phi) is 4.31. The minimum Gasteiger partial charge on any atom is -0.467 e. The summed E-state index contributed by atoms with van der Waals surface area (Å²) in [5.74, 6) is -2.08. The molecule has 0 saturated carbocycles. The summed E-state index contributed by atoms with van der Waals surface area (Å²) in [5, 5.41) is 2.45. The average Bonchev–Trinajstić information content (AvgIpc) is 2.94. The van der Waals surface area contributed by atoms with Crippen molar-refractivity contribution in [1.29, 1.82) is 0 Å². The smallest absolute Gasteiger partial charge is 0.419 e. The van der Waals surface area contributed by atoms with Gasteiger partial charge in [0.1, 0.15) is 6.04 Å². The summed E-state index contributed by atoms with van der Waals surface area (Å²) >= 11 is 1.02. The lowest BCUT2D eigenvalue weighted by atomic mass is 9.84. The van der Waals surface area contributed by atoms with Gasteiger partial charge in [-0.05, 0) is 17.7 Å². The maximum atomic E-state index is 14.1. The van der Waals surface area contributed by atoms with Crippen LogP contribution in [0, 0.1) is 0 Å². The molecule has 3 rings (SSSR count). The molecule has 1 aliphatic rings. The molecule has 1 amide bonds. The van der Waals surface area contributed by atoms with Crippen molar-refractivity contribution in [3.63, 3.8) is 0 Å². The number of carbonyl (C=O) groups is 2. The highest BCUT2D eigenvalue weighted by Crippen LogP contribution is 2.43. The van der Waals surface area contributed by atoms with E-state index < -0.39 is 36.2 Å². The molecule has 1 aliphatic heterocycles. The molecule has 140 valence electrons. The number of hydrogen-bond donors (Lipinski definition) is 2. The normalized spacial score (nSPS) is 24.1. The fraction of sp³-hybridized carbons (Fsp3) is 0.400. The Morgan fingerprint density at radius 2 is 2.19 bits per heavy atom. The van der Waals surface area contributed by atoms with Crippen molar-refractivity contribution in [3.05, 3.63) is 23.8 Å². The number of alkyl halides is 3. The quantitative estimate of drug-likeness (QED) is 0.752. The van der Waals surface area contributed by atoms with E-state index in [4.69, 9.17) is 5.73 Å². The molecule has 7 nitrogen and oxygen atoms in total. The van der Waals surface area contributed by atoms with Crippen LogP contribution in [-0.2, 0) is 19.9 Å². The zero-order valence-electron chi connectivity index (χ0n) is 13.8. The molecule has 1 unspecified atom stereocenters. The standard InChI is InChI=1S/C15H15F3N4O3S/c1-22-9(11(23)25-2)6-20-14(12(22)24,15(16,17)18)7-3-4-8-10(5-7)26-13(19)21-8/h3-5,9,20H,6H2,1-2H3,(H2,19,21)/t9-,14?/m0/s1. The number of likely N-dealkylation sites (N-methyl/N-ethyl adjacent to an activating group) is 1. The van der Waals surface area contributed by atoms with Gasteiger partial charge in [0.05, 0.1) is 17.3 Å². The van der Waals surface area contributed by atoms with Crippen LogP contribution in [0.4, 0.5) is 18.3 Å². The van der Waals surface area contributed by atoms with E-state index in [1.54, 1.807) is 0 Å². The Hall–Kier alpha value is -2.40. The molecule has 1 saturated heterocycles. The average molecular weight is 388 g/mol. The van der Waals surface area contributed by atoms with Gasteiger partial charge in [-0.25, -0.2) is 9.78 Å². The number of benzene rings is 1. The minimum absolute atomic E-state index is 0.212. The molecule has 1 aromatic carbocycles. The molecule has 0 spiro atoms. The van der Waals surface area contributed by atoms with Gasteiger partial charge < -0.3 is 15.4 Å². The Balaban J connectivity index is 2.13. The number of anilines is 1. The summed E-state index contributed by atoms with van der Waals surface area (Å²) in [4.78, 5) is 29.3. The number of esters is 1. The largest absolute Gasteiger partial charge is 0.467 e. The third-order valence-corrected chi connectivity index (χ3v) is 5.25. The lowest BCUT2D eigenvalue weighted by Gasteiger charge is -2.45. The number of methoxy groups -OCH3 is 1. The van der Waals surface area contributed by atoms with Crippen molar-refractivity contribution in [3.8, 4) is 0 Å². The van der Waals surface area contributed by atoms with Crippen LogP contribution >= 0.6 is 11.3 Å². The number of amides is 1. The Morgan fingerprint density at radius 1 is 1.50 bits per heavy atom. The summed E-state index contributed by atoms with van der Waals surface area (Å²) in [6, 6.07) is 2.66. The van der Waals surface area contributed by atoms with Crippen molar-refractivity contribution in [2.24, 2.45) is 0 Å². The highest BCUT2D eigenvalue weighted by molar-refractivity contribution is 7.22. The third kappa shape index (κ3) is 2.58. The number of nitrogen functional groups attached to an aromatic ring is 1. The van der Waals surface area contributed by atoms with Crippen molar-refractivity contribution in [1.82, 2.24) is 15.2 Å². The molecule has 2 aromatic rings. The second-order valence-corrected chi connectivity index (χ2v) is 6.88. The van der Waals surface area contributed by atoms with Gasteiger partial charge in [0.2, 0.25) is 5.54 Å². The van der Waals surface area contributed by atoms with Crippen LogP contribution < -0.4 is 11.1 Å². The monoisotopic (exact) mass is 388 g/mol. The molecule has 0 bridgehead atoms. The zero-order chi connectivity index (χ0) is 19.3. The van der Waals surface area contributed by atoms with Crippen LogP contribution in [-0.4, -0.2) is 54.7 Å². The summed E-state index contributed by atoms with van der Waals surface area (Å²) in [5.41, 5.74) is 2.78. The first-order chi connectivity index (χ1) is 12.1. The van der Waals surface area contributed by atoms with Crippen LogP contribution in [0.5, 0.6) is 0 Å². The SMILES string of the molecule is COC(=O)[C@@H]1CNC(c2ccc3nc(N)sc3c2)(C(F)(F)F)C(=O)N1C.